The Bertz CT molecular complexity index is 639. The van der Waals surface area contributed by atoms with Crippen LogP contribution < -0.4 is 11.1 Å². The van der Waals surface area contributed by atoms with Gasteiger partial charge in [0.2, 0.25) is 0 Å². The van der Waals surface area contributed by atoms with Crippen molar-refractivity contribution in [2.24, 2.45) is 16.7 Å². The molecule has 1 aliphatic heterocycles. The SMILES string of the molecule is CC1(C)C2CCC1(C)C1NCCN(C(=O)c3ccc(N)cc3)C21. The van der Waals surface area contributed by atoms with Gasteiger partial charge in [-0.3, -0.25) is 4.79 Å². The molecule has 0 aromatic heterocycles. The molecule has 1 amide bonds. The molecule has 3 N–H and O–H groups in total. The molecular weight excluding hydrogens is 286 g/mol. The lowest BCUT2D eigenvalue weighted by Crippen LogP contribution is -2.63. The molecule has 1 aromatic carbocycles. The Balaban J connectivity index is 1.68. The number of anilines is 1. The molecule has 3 aliphatic rings. The van der Waals surface area contributed by atoms with Crippen molar-refractivity contribution in [1.29, 1.82) is 0 Å². The van der Waals surface area contributed by atoms with Gasteiger partial charge >= 0.3 is 0 Å². The Hall–Kier alpha value is -1.55. The molecule has 4 nitrogen and oxygen atoms in total. The van der Waals surface area contributed by atoms with Crippen molar-refractivity contribution in [3.05, 3.63) is 29.8 Å². The van der Waals surface area contributed by atoms with E-state index in [1.165, 1.54) is 12.8 Å². The number of hydrogen-bond acceptors (Lipinski definition) is 3. The molecule has 23 heavy (non-hydrogen) atoms. The van der Waals surface area contributed by atoms with Crippen molar-refractivity contribution in [3.8, 4) is 0 Å². The normalized spacial score (nSPS) is 37.7. The van der Waals surface area contributed by atoms with Crippen LogP contribution in [0.15, 0.2) is 24.3 Å². The van der Waals surface area contributed by atoms with Gasteiger partial charge in [-0.2, -0.15) is 0 Å². The van der Waals surface area contributed by atoms with Crippen LogP contribution in [0.2, 0.25) is 0 Å². The predicted octanol–water partition coefficient (Wildman–Crippen LogP) is 2.51. The quantitative estimate of drug-likeness (QED) is 0.783. The zero-order valence-corrected chi connectivity index (χ0v) is 14.3. The summed E-state index contributed by atoms with van der Waals surface area (Å²) in [7, 11) is 0. The molecule has 1 heterocycles. The third-order valence-electron chi connectivity index (χ3n) is 7.31. The number of amides is 1. The van der Waals surface area contributed by atoms with Crippen molar-refractivity contribution in [3.63, 3.8) is 0 Å². The van der Waals surface area contributed by atoms with E-state index in [1.54, 1.807) is 0 Å². The van der Waals surface area contributed by atoms with E-state index in [4.69, 9.17) is 5.73 Å². The fourth-order valence-electron chi connectivity index (χ4n) is 5.59. The lowest BCUT2D eigenvalue weighted by molar-refractivity contribution is 0.0379. The third-order valence-corrected chi connectivity index (χ3v) is 7.31. The minimum Gasteiger partial charge on any atom is -0.399 e. The zero-order chi connectivity index (χ0) is 16.4. The van der Waals surface area contributed by atoms with Gasteiger partial charge in [0, 0.05) is 30.4 Å². The maximum Gasteiger partial charge on any atom is 0.254 e. The van der Waals surface area contributed by atoms with E-state index in [1.807, 2.05) is 24.3 Å². The van der Waals surface area contributed by atoms with Gasteiger partial charge in [0.15, 0.2) is 0 Å². The summed E-state index contributed by atoms with van der Waals surface area (Å²) >= 11 is 0. The minimum atomic E-state index is 0.161. The van der Waals surface area contributed by atoms with Gasteiger partial charge in [-0.05, 0) is 53.9 Å². The molecular formula is C19H27N3O. The van der Waals surface area contributed by atoms with Crippen LogP contribution in [0.25, 0.3) is 0 Å². The summed E-state index contributed by atoms with van der Waals surface area (Å²) in [4.78, 5) is 15.2. The summed E-state index contributed by atoms with van der Waals surface area (Å²) in [6, 6.07) is 8.09. The number of rotatable bonds is 1. The second-order valence-electron chi connectivity index (χ2n) is 8.33. The fourth-order valence-corrected chi connectivity index (χ4v) is 5.59. The number of carbonyl (C=O) groups excluding carboxylic acids is 1. The summed E-state index contributed by atoms with van der Waals surface area (Å²) in [5, 5.41) is 3.74. The highest BCUT2D eigenvalue weighted by molar-refractivity contribution is 5.95. The number of fused-ring (bicyclic) bond motifs is 5. The lowest BCUT2D eigenvalue weighted by Gasteiger charge is -2.47. The number of nitrogens with two attached hydrogens (primary N) is 1. The molecule has 0 spiro atoms. The van der Waals surface area contributed by atoms with Gasteiger partial charge in [0.1, 0.15) is 0 Å². The molecule has 1 aromatic rings. The van der Waals surface area contributed by atoms with Gasteiger partial charge in [-0.25, -0.2) is 0 Å². The summed E-state index contributed by atoms with van der Waals surface area (Å²) < 4.78 is 0. The van der Waals surface area contributed by atoms with Crippen molar-refractivity contribution >= 4 is 11.6 Å². The number of nitrogen functional groups attached to an aromatic ring is 1. The molecule has 4 heteroatoms. The molecule has 0 radical (unpaired) electrons. The maximum absolute atomic E-state index is 13.1. The third kappa shape index (κ3) is 1.84. The highest BCUT2D eigenvalue weighted by Crippen LogP contribution is 2.66. The molecule has 2 aliphatic carbocycles. The summed E-state index contributed by atoms with van der Waals surface area (Å²) in [6.07, 6.45) is 2.50. The molecule has 4 rings (SSSR count). The van der Waals surface area contributed by atoms with E-state index < -0.39 is 0 Å². The predicted molar refractivity (Wildman–Crippen MR) is 92.1 cm³/mol. The highest BCUT2D eigenvalue weighted by Gasteiger charge is 2.68. The average Bonchev–Trinajstić information content (AvgIpc) is 2.87. The van der Waals surface area contributed by atoms with Crippen LogP contribution in [0.4, 0.5) is 5.69 Å². The summed E-state index contributed by atoms with van der Waals surface area (Å²) in [5.41, 5.74) is 7.77. The number of benzene rings is 1. The number of piperazine rings is 1. The van der Waals surface area contributed by atoms with Crippen LogP contribution in [-0.4, -0.2) is 36.0 Å². The van der Waals surface area contributed by atoms with Gasteiger partial charge < -0.3 is 16.0 Å². The van der Waals surface area contributed by atoms with Crippen LogP contribution in [0, 0.1) is 16.7 Å². The summed E-state index contributed by atoms with van der Waals surface area (Å²) in [5.74, 6) is 0.747. The van der Waals surface area contributed by atoms with Crippen LogP contribution >= 0.6 is 0 Å². The topological polar surface area (TPSA) is 58.4 Å². The number of nitrogens with zero attached hydrogens (tertiary/aromatic N) is 1. The van der Waals surface area contributed by atoms with Crippen molar-refractivity contribution in [2.75, 3.05) is 18.8 Å². The first-order valence-electron chi connectivity index (χ1n) is 8.76. The lowest BCUT2D eigenvalue weighted by atomic mass is 9.69. The van der Waals surface area contributed by atoms with Crippen LogP contribution in [0.5, 0.6) is 0 Å². The molecule has 4 atom stereocenters. The number of carbonyl (C=O) groups is 1. The largest absolute Gasteiger partial charge is 0.399 e. The number of nitrogens with one attached hydrogen (secondary N) is 1. The molecule has 4 unspecified atom stereocenters. The van der Waals surface area contributed by atoms with E-state index in [9.17, 15) is 4.79 Å². The van der Waals surface area contributed by atoms with Gasteiger partial charge in [0.25, 0.3) is 5.91 Å². The Morgan fingerprint density at radius 1 is 1.26 bits per heavy atom. The average molecular weight is 313 g/mol. The first-order valence-corrected chi connectivity index (χ1v) is 8.76. The Morgan fingerprint density at radius 3 is 2.65 bits per heavy atom. The van der Waals surface area contributed by atoms with Crippen LogP contribution in [0.3, 0.4) is 0 Å². The van der Waals surface area contributed by atoms with Crippen LogP contribution in [-0.2, 0) is 0 Å². The Morgan fingerprint density at radius 2 is 1.96 bits per heavy atom. The van der Waals surface area contributed by atoms with E-state index in [-0.39, 0.29) is 16.7 Å². The Kier molecular flexibility index (Phi) is 3.08. The van der Waals surface area contributed by atoms with E-state index in [0.717, 1.165) is 18.7 Å². The second-order valence-corrected chi connectivity index (χ2v) is 8.33. The monoisotopic (exact) mass is 313 g/mol. The summed E-state index contributed by atoms with van der Waals surface area (Å²) in [6.45, 7) is 8.91. The fraction of sp³-hybridized carbons (Fsp3) is 0.632. The zero-order valence-electron chi connectivity index (χ0n) is 14.3. The van der Waals surface area contributed by atoms with E-state index >= 15 is 0 Å². The molecule has 1 saturated heterocycles. The van der Waals surface area contributed by atoms with Crippen LogP contribution in [0.1, 0.15) is 44.0 Å². The standard InChI is InChI=1S/C19H27N3O/c1-18(2)14-8-9-19(18,3)16-15(14)22(11-10-21-16)17(23)12-4-6-13(20)7-5-12/h4-7,14-16,21H,8-11,20H2,1-3H3. The first-order chi connectivity index (χ1) is 10.9. The second kappa shape index (κ2) is 4.73. The van der Waals surface area contributed by atoms with Crippen molar-refractivity contribution < 1.29 is 4.79 Å². The Labute approximate surface area is 138 Å². The van der Waals surface area contributed by atoms with Gasteiger partial charge in [-0.1, -0.05) is 20.8 Å². The highest BCUT2D eigenvalue weighted by atomic mass is 16.2. The van der Waals surface area contributed by atoms with Crippen molar-refractivity contribution in [1.82, 2.24) is 10.2 Å². The minimum absolute atomic E-state index is 0.161. The van der Waals surface area contributed by atoms with E-state index in [0.29, 0.717) is 23.7 Å². The molecule has 2 saturated carbocycles. The number of hydrogen-bond donors (Lipinski definition) is 2. The van der Waals surface area contributed by atoms with Gasteiger partial charge in [0.05, 0.1) is 6.04 Å². The van der Waals surface area contributed by atoms with E-state index in [2.05, 4.69) is 31.0 Å². The van der Waals surface area contributed by atoms with Gasteiger partial charge in [-0.15, -0.1) is 0 Å². The molecule has 2 bridgehead atoms. The molecule has 3 fully saturated rings. The van der Waals surface area contributed by atoms with Crippen molar-refractivity contribution in [2.45, 2.75) is 45.7 Å². The molecule has 124 valence electrons. The smallest absolute Gasteiger partial charge is 0.254 e. The maximum atomic E-state index is 13.1. The first kappa shape index (κ1) is 15.0.